The number of nitrogens with zero attached hydrogens (tertiary/aromatic N) is 3. The third kappa shape index (κ3) is 4.75. The Morgan fingerprint density at radius 1 is 1.21 bits per heavy atom. The monoisotopic (exact) mass is 469 g/mol. The van der Waals surface area contributed by atoms with Crippen LogP contribution in [0.5, 0.6) is 11.5 Å². The Kier molecular flexibility index (Phi) is 6.07. The average Bonchev–Trinajstić information content (AvgIpc) is 3.37. The van der Waals surface area contributed by atoms with Crippen LogP contribution in [-0.4, -0.2) is 63.6 Å². The number of hydrogen-bond acceptors (Lipinski definition) is 8. The number of fused-ring (bicyclic) bond motifs is 1. The van der Waals surface area contributed by atoms with Gasteiger partial charge in [0.1, 0.15) is 34.7 Å². The van der Waals surface area contributed by atoms with Crippen molar-refractivity contribution in [1.82, 2.24) is 15.0 Å². The highest BCUT2D eigenvalue weighted by molar-refractivity contribution is 5.85. The Labute approximate surface area is 196 Å². The number of aromatic nitrogens is 2. The topological polar surface area (TPSA) is 124 Å². The Balaban J connectivity index is 1.64. The number of aliphatic carboxylic acids is 1. The molecule has 2 aromatic heterocycles. The normalized spacial score (nSPS) is 18.2. The van der Waals surface area contributed by atoms with Crippen molar-refractivity contribution in [1.29, 1.82) is 0 Å². The van der Waals surface area contributed by atoms with E-state index in [2.05, 4.69) is 10.1 Å². The van der Waals surface area contributed by atoms with E-state index in [1.807, 2.05) is 24.3 Å². The van der Waals surface area contributed by atoms with Gasteiger partial charge in [0.05, 0.1) is 19.3 Å². The first-order valence-electron chi connectivity index (χ1n) is 10.9. The molecule has 0 aliphatic carbocycles. The third-order valence-electron chi connectivity index (χ3n) is 5.41. The molecule has 3 aromatic rings. The molecule has 0 radical (unpaired) electrons. The van der Waals surface area contributed by atoms with Gasteiger partial charge in [0.15, 0.2) is 5.75 Å². The van der Waals surface area contributed by atoms with Gasteiger partial charge < -0.3 is 23.8 Å². The molecule has 1 aliphatic rings. The summed E-state index contributed by atoms with van der Waals surface area (Å²) < 4.78 is 22.3. The predicted molar refractivity (Wildman–Crippen MR) is 122 cm³/mol. The molecule has 1 N–H and O–H groups in total. The second-order valence-corrected chi connectivity index (χ2v) is 9.14. The minimum Gasteiger partial charge on any atom is -0.497 e. The summed E-state index contributed by atoms with van der Waals surface area (Å²) in [6, 6.07) is 8.07. The second kappa shape index (κ2) is 8.85. The SMILES string of the molecule is COc1ccc(-c2cc(O[C@@H]3C[C@@H](C(=O)O)N(C(=O)OC(C)(C)C)C3)c3onc(C)c3n2)cc1. The molecular weight excluding hydrogens is 442 g/mol. The molecule has 2 atom stereocenters. The molecule has 1 saturated heterocycles. The molecule has 0 spiro atoms. The number of ether oxygens (including phenoxy) is 3. The Bertz CT molecular complexity index is 1210. The molecular formula is C24H27N3O7. The van der Waals surface area contributed by atoms with Crippen LogP contribution in [0.25, 0.3) is 22.4 Å². The van der Waals surface area contributed by atoms with E-state index in [0.717, 1.165) is 11.3 Å². The summed E-state index contributed by atoms with van der Waals surface area (Å²) in [6.07, 6.45) is -1.18. The van der Waals surface area contributed by atoms with E-state index in [1.165, 1.54) is 4.90 Å². The quantitative estimate of drug-likeness (QED) is 0.589. The fraction of sp³-hybridized carbons (Fsp3) is 0.417. The van der Waals surface area contributed by atoms with Crippen molar-refractivity contribution >= 4 is 23.2 Å². The number of pyridine rings is 1. The lowest BCUT2D eigenvalue weighted by molar-refractivity contribution is -0.142. The summed E-state index contributed by atoms with van der Waals surface area (Å²) in [6.45, 7) is 7.02. The highest BCUT2D eigenvalue weighted by Crippen LogP contribution is 2.34. The van der Waals surface area contributed by atoms with Gasteiger partial charge in [-0.15, -0.1) is 0 Å². The summed E-state index contributed by atoms with van der Waals surface area (Å²) in [5.41, 5.74) is 2.21. The van der Waals surface area contributed by atoms with Crippen LogP contribution in [0.1, 0.15) is 32.9 Å². The lowest BCUT2D eigenvalue weighted by Gasteiger charge is -2.26. The first-order chi connectivity index (χ1) is 16.1. The molecule has 34 heavy (non-hydrogen) atoms. The summed E-state index contributed by atoms with van der Waals surface area (Å²) >= 11 is 0. The van der Waals surface area contributed by atoms with Crippen LogP contribution in [0.3, 0.4) is 0 Å². The number of carbonyl (C=O) groups excluding carboxylic acids is 1. The molecule has 1 aliphatic heterocycles. The van der Waals surface area contributed by atoms with Crippen LogP contribution in [0.4, 0.5) is 4.79 Å². The molecule has 3 heterocycles. The van der Waals surface area contributed by atoms with E-state index in [0.29, 0.717) is 28.2 Å². The van der Waals surface area contributed by atoms with Crippen molar-refractivity contribution in [2.75, 3.05) is 13.7 Å². The summed E-state index contributed by atoms with van der Waals surface area (Å²) in [5.74, 6) is -0.0294. The lowest BCUT2D eigenvalue weighted by atomic mass is 10.1. The van der Waals surface area contributed by atoms with Crippen molar-refractivity contribution in [3.63, 3.8) is 0 Å². The van der Waals surface area contributed by atoms with Gasteiger partial charge in [0.2, 0.25) is 5.58 Å². The van der Waals surface area contributed by atoms with Crippen LogP contribution in [0, 0.1) is 6.92 Å². The maximum atomic E-state index is 12.6. The fourth-order valence-electron chi connectivity index (χ4n) is 3.82. The number of benzene rings is 1. The molecule has 0 bridgehead atoms. The molecule has 1 amide bonds. The van der Waals surface area contributed by atoms with Gasteiger partial charge in [0, 0.05) is 18.1 Å². The zero-order chi connectivity index (χ0) is 24.6. The second-order valence-electron chi connectivity index (χ2n) is 9.14. The predicted octanol–water partition coefficient (Wildman–Crippen LogP) is 4.05. The van der Waals surface area contributed by atoms with E-state index in [-0.39, 0.29) is 13.0 Å². The number of rotatable bonds is 5. The van der Waals surface area contributed by atoms with Crippen molar-refractivity contribution < 1.29 is 33.4 Å². The molecule has 10 heteroatoms. The minimum absolute atomic E-state index is 0.0562. The Morgan fingerprint density at radius 2 is 1.91 bits per heavy atom. The highest BCUT2D eigenvalue weighted by Gasteiger charge is 2.43. The van der Waals surface area contributed by atoms with E-state index in [9.17, 15) is 14.7 Å². The lowest BCUT2D eigenvalue weighted by Crippen LogP contribution is -2.43. The van der Waals surface area contributed by atoms with Gasteiger partial charge in [0.25, 0.3) is 0 Å². The molecule has 10 nitrogen and oxygen atoms in total. The van der Waals surface area contributed by atoms with Gasteiger partial charge in [-0.1, -0.05) is 5.16 Å². The van der Waals surface area contributed by atoms with E-state index in [4.69, 9.17) is 18.7 Å². The van der Waals surface area contributed by atoms with Crippen LogP contribution in [0.2, 0.25) is 0 Å². The molecule has 4 rings (SSSR count). The van der Waals surface area contributed by atoms with Crippen LogP contribution >= 0.6 is 0 Å². The average molecular weight is 469 g/mol. The first kappa shape index (κ1) is 23.3. The number of carboxylic acid groups (broad SMARTS) is 1. The molecule has 180 valence electrons. The molecule has 0 saturated carbocycles. The molecule has 1 aromatic carbocycles. The van der Waals surface area contributed by atoms with Gasteiger partial charge in [-0.25, -0.2) is 14.6 Å². The van der Waals surface area contributed by atoms with Crippen LogP contribution < -0.4 is 9.47 Å². The summed E-state index contributed by atoms with van der Waals surface area (Å²) in [5, 5.41) is 13.7. The van der Waals surface area contributed by atoms with Gasteiger partial charge in [-0.05, 0) is 52.0 Å². The van der Waals surface area contributed by atoms with E-state index in [1.54, 1.807) is 40.9 Å². The summed E-state index contributed by atoms with van der Waals surface area (Å²) in [4.78, 5) is 30.3. The zero-order valence-corrected chi connectivity index (χ0v) is 19.7. The zero-order valence-electron chi connectivity index (χ0n) is 19.7. The molecule has 1 fully saturated rings. The van der Waals surface area contributed by atoms with Gasteiger partial charge in [-0.2, -0.15) is 0 Å². The third-order valence-corrected chi connectivity index (χ3v) is 5.41. The van der Waals surface area contributed by atoms with Crippen molar-refractivity contribution in [2.24, 2.45) is 0 Å². The van der Waals surface area contributed by atoms with Crippen molar-refractivity contribution in [3.8, 4) is 22.8 Å². The van der Waals surface area contributed by atoms with E-state index >= 15 is 0 Å². The van der Waals surface area contributed by atoms with Crippen molar-refractivity contribution in [2.45, 2.75) is 51.9 Å². The number of amides is 1. The molecule has 0 unspecified atom stereocenters. The largest absolute Gasteiger partial charge is 0.497 e. The van der Waals surface area contributed by atoms with Gasteiger partial charge >= 0.3 is 12.1 Å². The highest BCUT2D eigenvalue weighted by atomic mass is 16.6. The fourth-order valence-corrected chi connectivity index (χ4v) is 3.82. The maximum Gasteiger partial charge on any atom is 0.411 e. The number of methoxy groups -OCH3 is 1. The number of likely N-dealkylation sites (tertiary alicyclic amines) is 1. The first-order valence-corrected chi connectivity index (χ1v) is 10.9. The van der Waals surface area contributed by atoms with Crippen LogP contribution in [0.15, 0.2) is 34.9 Å². The maximum absolute atomic E-state index is 12.6. The number of carbonyl (C=O) groups is 2. The standard InChI is InChI=1S/C24H27N3O7/c1-13-20-21(34-26-13)19(11-17(25-20)14-6-8-15(31-5)9-7-14)32-16-10-18(22(28)29)27(12-16)23(30)33-24(2,3)4/h6-9,11,16,18H,10,12H2,1-5H3,(H,28,29)/t16-,18+/m1/s1. The smallest absolute Gasteiger partial charge is 0.411 e. The number of aryl methyl sites for hydroxylation is 1. The number of hydrogen-bond donors (Lipinski definition) is 1. The summed E-state index contributed by atoms with van der Waals surface area (Å²) in [7, 11) is 1.60. The Hall–Kier alpha value is -3.82. The van der Waals surface area contributed by atoms with Gasteiger partial charge in [-0.3, -0.25) is 4.90 Å². The number of carboxylic acids is 1. The van der Waals surface area contributed by atoms with Crippen molar-refractivity contribution in [3.05, 3.63) is 36.0 Å². The van der Waals surface area contributed by atoms with Crippen LogP contribution in [-0.2, 0) is 9.53 Å². The Morgan fingerprint density at radius 3 is 2.53 bits per heavy atom. The van der Waals surface area contributed by atoms with E-state index < -0.39 is 29.8 Å². The minimum atomic E-state index is -1.12.